The molecule has 2 heteroatoms. The molecular formula is C8H18Se2. The molecule has 0 nitrogen and oxygen atoms in total. The number of hydrogen-bond donors (Lipinski definition) is 0. The van der Waals surface area contributed by atoms with E-state index in [0.717, 1.165) is 26.3 Å². The second-order valence-corrected chi connectivity index (χ2v) is 10.2. The zero-order valence-corrected chi connectivity index (χ0v) is 10.5. The molecule has 0 spiro atoms. The summed E-state index contributed by atoms with van der Waals surface area (Å²) in [5.41, 5.74) is 0. The summed E-state index contributed by atoms with van der Waals surface area (Å²) >= 11 is 2.08. The molecule has 0 amide bonds. The second-order valence-electron chi connectivity index (χ2n) is 2.35. The van der Waals surface area contributed by atoms with Crippen molar-refractivity contribution in [2.24, 2.45) is 0 Å². The predicted molar refractivity (Wildman–Crippen MR) is 50.9 cm³/mol. The quantitative estimate of drug-likeness (QED) is 0.494. The maximum absolute atomic E-state index is 2.29. The summed E-state index contributed by atoms with van der Waals surface area (Å²) in [5, 5.41) is 3.10. The molecule has 0 aromatic rings. The van der Waals surface area contributed by atoms with Crippen molar-refractivity contribution in [1.82, 2.24) is 0 Å². The first-order valence-corrected chi connectivity index (χ1v) is 10.9. The minimum atomic E-state index is 1.04. The predicted octanol–water partition coefficient (Wildman–Crippen LogP) is 2.75. The van der Waals surface area contributed by atoms with Crippen molar-refractivity contribution in [1.29, 1.82) is 0 Å². The fourth-order valence-electron chi connectivity index (χ4n) is 0.524. The van der Waals surface area contributed by atoms with E-state index < -0.39 is 0 Å². The zero-order chi connectivity index (χ0) is 7.66. The Morgan fingerprint density at radius 3 is 1.50 bits per heavy atom. The van der Waals surface area contributed by atoms with Crippen molar-refractivity contribution in [3.05, 3.63) is 0 Å². The average Bonchev–Trinajstić information content (AvgIpc) is 1.97. The van der Waals surface area contributed by atoms with E-state index in [4.69, 9.17) is 0 Å². The molecule has 0 heterocycles. The van der Waals surface area contributed by atoms with Crippen LogP contribution < -0.4 is 0 Å². The van der Waals surface area contributed by atoms with Gasteiger partial charge >= 0.3 is 76.4 Å². The summed E-state index contributed by atoms with van der Waals surface area (Å²) < 4.78 is 0. The summed E-state index contributed by atoms with van der Waals surface area (Å²) in [4.78, 5) is 0. The fraction of sp³-hybridized carbons (Fsp3) is 1.00. The van der Waals surface area contributed by atoms with Gasteiger partial charge in [-0.2, -0.15) is 0 Å². The van der Waals surface area contributed by atoms with Crippen LogP contribution in [0, 0.1) is 0 Å². The average molecular weight is 272 g/mol. The van der Waals surface area contributed by atoms with Gasteiger partial charge in [-0.15, -0.1) is 0 Å². The molecular weight excluding hydrogens is 254 g/mol. The van der Waals surface area contributed by atoms with E-state index in [1.54, 1.807) is 10.6 Å². The first kappa shape index (κ1) is 11.0. The molecule has 0 radical (unpaired) electrons. The van der Waals surface area contributed by atoms with E-state index in [2.05, 4.69) is 13.8 Å². The van der Waals surface area contributed by atoms with Gasteiger partial charge in [-0.3, -0.25) is 0 Å². The molecule has 0 aromatic heterocycles. The van der Waals surface area contributed by atoms with Gasteiger partial charge in [-0.1, -0.05) is 0 Å². The van der Waals surface area contributed by atoms with E-state index in [1.165, 1.54) is 25.7 Å². The van der Waals surface area contributed by atoms with Crippen LogP contribution >= 0.6 is 0 Å². The van der Waals surface area contributed by atoms with Crippen LogP contribution in [0.5, 0.6) is 0 Å². The van der Waals surface area contributed by atoms with Gasteiger partial charge in [-0.05, 0) is 0 Å². The molecule has 0 rings (SSSR count). The van der Waals surface area contributed by atoms with Crippen molar-refractivity contribution in [3.8, 4) is 0 Å². The number of hydrogen-bond acceptors (Lipinski definition) is 0. The third-order valence-electron chi connectivity index (χ3n) is 1.25. The Kier molecular flexibility index (Phi) is 11.1. The molecule has 0 aliphatic carbocycles. The fourth-order valence-corrected chi connectivity index (χ4v) is 7.86. The molecule has 10 heavy (non-hydrogen) atoms. The Labute approximate surface area is 76.4 Å². The van der Waals surface area contributed by atoms with Gasteiger partial charge in [-0.25, -0.2) is 0 Å². The first-order valence-electron chi connectivity index (χ1n) is 4.16. The van der Waals surface area contributed by atoms with Crippen LogP contribution in [0.1, 0.15) is 39.5 Å². The van der Waals surface area contributed by atoms with Gasteiger partial charge in [0.15, 0.2) is 0 Å². The van der Waals surface area contributed by atoms with Crippen LogP contribution in [0.25, 0.3) is 0 Å². The molecule has 0 aromatic carbocycles. The van der Waals surface area contributed by atoms with Gasteiger partial charge in [0.1, 0.15) is 0 Å². The van der Waals surface area contributed by atoms with Gasteiger partial charge < -0.3 is 0 Å². The van der Waals surface area contributed by atoms with E-state index in [0.29, 0.717) is 0 Å². The van der Waals surface area contributed by atoms with Crippen molar-refractivity contribution < 1.29 is 0 Å². The van der Waals surface area contributed by atoms with Crippen LogP contribution in [-0.4, -0.2) is 26.3 Å². The third kappa shape index (κ3) is 9.04. The van der Waals surface area contributed by atoms with Crippen molar-refractivity contribution in [3.63, 3.8) is 0 Å². The number of rotatable bonds is 7. The van der Waals surface area contributed by atoms with E-state index in [-0.39, 0.29) is 0 Å². The Bertz CT molecular complexity index is 47.2. The molecule has 62 valence electrons. The third-order valence-corrected chi connectivity index (χ3v) is 8.96. The summed E-state index contributed by atoms with van der Waals surface area (Å²) in [6.07, 6.45) is 5.75. The summed E-state index contributed by atoms with van der Waals surface area (Å²) in [6, 6.07) is 0. The van der Waals surface area contributed by atoms with Gasteiger partial charge in [0.25, 0.3) is 0 Å². The molecule has 0 aliphatic heterocycles. The number of unbranched alkanes of at least 4 members (excludes halogenated alkanes) is 2. The Balaban J connectivity index is 2.65. The van der Waals surface area contributed by atoms with Crippen LogP contribution in [0.15, 0.2) is 0 Å². The molecule has 0 N–H and O–H groups in total. The van der Waals surface area contributed by atoms with Crippen LogP contribution in [0.3, 0.4) is 0 Å². The van der Waals surface area contributed by atoms with Gasteiger partial charge in [0.05, 0.1) is 0 Å². The second kappa shape index (κ2) is 10.0. The Hall–Kier alpha value is 1.04. The molecule has 0 saturated heterocycles. The zero-order valence-electron chi connectivity index (χ0n) is 7.06. The standard InChI is InChI=1S/C8H18Se2/c1-3-5-7-9-10-8-6-4-2/h3-8H2,1-2H3. The van der Waals surface area contributed by atoms with E-state index in [9.17, 15) is 0 Å². The van der Waals surface area contributed by atoms with E-state index >= 15 is 0 Å². The van der Waals surface area contributed by atoms with Gasteiger partial charge in [0.2, 0.25) is 0 Å². The normalized spacial score (nSPS) is 10.2. The maximum atomic E-state index is 2.29. The molecule has 0 bridgehead atoms. The Morgan fingerprint density at radius 2 is 1.20 bits per heavy atom. The van der Waals surface area contributed by atoms with Crippen molar-refractivity contribution in [2.75, 3.05) is 0 Å². The summed E-state index contributed by atoms with van der Waals surface area (Å²) in [7, 11) is 0. The SMILES string of the molecule is CCCC[Se][Se]CCCC. The monoisotopic (exact) mass is 274 g/mol. The minimum absolute atomic E-state index is 1.04. The van der Waals surface area contributed by atoms with Crippen LogP contribution in [0.2, 0.25) is 10.6 Å². The topological polar surface area (TPSA) is 0 Å². The van der Waals surface area contributed by atoms with E-state index in [1.807, 2.05) is 0 Å². The molecule has 0 fully saturated rings. The van der Waals surface area contributed by atoms with Crippen molar-refractivity contribution >= 4 is 26.3 Å². The molecule has 0 aliphatic rings. The summed E-state index contributed by atoms with van der Waals surface area (Å²) in [5.74, 6) is 0. The van der Waals surface area contributed by atoms with Crippen LogP contribution in [0.4, 0.5) is 0 Å². The van der Waals surface area contributed by atoms with Gasteiger partial charge in [0, 0.05) is 0 Å². The van der Waals surface area contributed by atoms with Crippen molar-refractivity contribution in [2.45, 2.75) is 50.2 Å². The van der Waals surface area contributed by atoms with Crippen LogP contribution in [-0.2, 0) is 0 Å². The molecule has 0 saturated carbocycles. The Morgan fingerprint density at radius 1 is 0.800 bits per heavy atom. The first-order chi connectivity index (χ1) is 4.91. The molecule has 0 unspecified atom stereocenters. The molecule has 0 atom stereocenters. The summed E-state index contributed by atoms with van der Waals surface area (Å²) in [6.45, 7) is 4.57.